The number of halogens is 2. The minimum Gasteiger partial charge on any atom is -0.351 e. The van der Waals surface area contributed by atoms with Crippen molar-refractivity contribution in [2.75, 3.05) is 24.7 Å². The summed E-state index contributed by atoms with van der Waals surface area (Å²) in [6, 6.07) is -0.0125. The number of nitrogens with zero attached hydrogens (tertiary/aromatic N) is 4. The SMILES string of the molecule is Cc1ncc(-c2nc(NC3CCN(S(C)(=O)=O)CC3)ncc2C(F)F)s1. The van der Waals surface area contributed by atoms with E-state index in [1.165, 1.54) is 28.1 Å². The van der Waals surface area contributed by atoms with Crippen LogP contribution in [0, 0.1) is 6.92 Å². The monoisotopic (exact) mass is 403 g/mol. The molecule has 2 aromatic rings. The van der Waals surface area contributed by atoms with Crippen molar-refractivity contribution in [2.24, 2.45) is 0 Å². The predicted octanol–water partition coefficient (Wildman–Crippen LogP) is 2.68. The molecule has 0 unspecified atom stereocenters. The van der Waals surface area contributed by atoms with Crippen LogP contribution < -0.4 is 5.32 Å². The highest BCUT2D eigenvalue weighted by Gasteiger charge is 2.26. The maximum Gasteiger partial charge on any atom is 0.267 e. The third kappa shape index (κ3) is 4.33. The maximum atomic E-state index is 13.3. The van der Waals surface area contributed by atoms with Crippen molar-refractivity contribution in [1.82, 2.24) is 19.3 Å². The number of aryl methyl sites for hydroxylation is 1. The molecule has 2 aromatic heterocycles. The lowest BCUT2D eigenvalue weighted by molar-refractivity contribution is 0.151. The van der Waals surface area contributed by atoms with Gasteiger partial charge in [-0.25, -0.2) is 36.5 Å². The van der Waals surface area contributed by atoms with Crippen molar-refractivity contribution in [3.05, 3.63) is 23.0 Å². The first-order valence-electron chi connectivity index (χ1n) is 8.03. The average Bonchev–Trinajstić information content (AvgIpc) is 3.00. The molecule has 0 aliphatic carbocycles. The van der Waals surface area contributed by atoms with E-state index in [0.29, 0.717) is 30.8 Å². The van der Waals surface area contributed by atoms with E-state index in [1.54, 1.807) is 6.92 Å². The molecule has 1 fully saturated rings. The standard InChI is InChI=1S/C15H19F2N5O2S2/c1-9-18-8-12(25-9)13-11(14(16)17)7-19-15(21-13)20-10-3-5-22(6-4-10)26(2,23)24/h7-8,10,14H,3-6H2,1-2H3,(H,19,20,21). The van der Waals surface area contributed by atoms with E-state index in [4.69, 9.17) is 0 Å². The number of alkyl halides is 2. The highest BCUT2D eigenvalue weighted by atomic mass is 32.2. The second-order valence-corrected chi connectivity index (χ2v) is 9.34. The van der Waals surface area contributed by atoms with Crippen LogP contribution >= 0.6 is 11.3 Å². The molecular formula is C15H19F2N5O2S2. The third-order valence-electron chi connectivity index (χ3n) is 4.16. The van der Waals surface area contributed by atoms with E-state index in [2.05, 4.69) is 20.3 Å². The van der Waals surface area contributed by atoms with Gasteiger partial charge in [-0.2, -0.15) is 0 Å². The molecule has 26 heavy (non-hydrogen) atoms. The Labute approximate surface area is 154 Å². The number of hydrogen-bond donors (Lipinski definition) is 1. The van der Waals surface area contributed by atoms with Crippen LogP contribution in [-0.4, -0.2) is 53.1 Å². The van der Waals surface area contributed by atoms with Gasteiger partial charge in [0, 0.05) is 31.5 Å². The van der Waals surface area contributed by atoms with Crippen LogP contribution in [0.3, 0.4) is 0 Å². The summed E-state index contributed by atoms with van der Waals surface area (Å²) in [5.41, 5.74) is -0.0530. The van der Waals surface area contributed by atoms with Gasteiger partial charge in [0.1, 0.15) is 0 Å². The molecule has 3 heterocycles. The minimum atomic E-state index is -3.19. The highest BCUT2D eigenvalue weighted by molar-refractivity contribution is 7.88. The van der Waals surface area contributed by atoms with Crippen molar-refractivity contribution < 1.29 is 17.2 Å². The molecule has 7 nitrogen and oxygen atoms in total. The Morgan fingerprint density at radius 1 is 1.27 bits per heavy atom. The van der Waals surface area contributed by atoms with E-state index in [-0.39, 0.29) is 23.2 Å². The van der Waals surface area contributed by atoms with Crippen molar-refractivity contribution in [1.29, 1.82) is 0 Å². The van der Waals surface area contributed by atoms with E-state index >= 15 is 0 Å². The van der Waals surface area contributed by atoms with Crippen LogP contribution in [0.1, 0.15) is 29.8 Å². The molecule has 1 aliphatic rings. The van der Waals surface area contributed by atoms with Crippen LogP contribution in [0.25, 0.3) is 10.6 Å². The summed E-state index contributed by atoms with van der Waals surface area (Å²) in [6.07, 6.45) is 2.37. The van der Waals surface area contributed by atoms with Crippen molar-refractivity contribution >= 4 is 27.3 Å². The van der Waals surface area contributed by atoms with Gasteiger partial charge in [0.05, 0.1) is 27.4 Å². The average molecular weight is 403 g/mol. The first kappa shape index (κ1) is 19.1. The second kappa shape index (κ2) is 7.49. The fourth-order valence-electron chi connectivity index (χ4n) is 2.80. The van der Waals surface area contributed by atoms with Crippen LogP contribution in [0.5, 0.6) is 0 Å². The minimum absolute atomic E-state index is 0.0125. The molecule has 0 saturated carbocycles. The zero-order valence-electron chi connectivity index (χ0n) is 14.3. The molecule has 0 bridgehead atoms. The number of nitrogens with one attached hydrogen (secondary N) is 1. The summed E-state index contributed by atoms with van der Waals surface area (Å²) >= 11 is 1.29. The normalized spacial score (nSPS) is 17.0. The summed E-state index contributed by atoms with van der Waals surface area (Å²) in [7, 11) is -3.19. The number of sulfonamides is 1. The maximum absolute atomic E-state index is 13.3. The molecule has 0 aromatic carbocycles. The Bertz CT molecular complexity index is 880. The lowest BCUT2D eigenvalue weighted by atomic mass is 10.1. The highest BCUT2D eigenvalue weighted by Crippen LogP contribution is 2.33. The summed E-state index contributed by atoms with van der Waals surface area (Å²) < 4.78 is 51.1. The number of aromatic nitrogens is 3. The smallest absolute Gasteiger partial charge is 0.267 e. The molecule has 0 atom stereocenters. The molecule has 0 radical (unpaired) electrons. The van der Waals surface area contributed by atoms with E-state index in [1.807, 2.05) is 0 Å². The molecule has 1 N–H and O–H groups in total. The number of hydrogen-bond acceptors (Lipinski definition) is 7. The molecule has 0 amide bonds. The molecule has 1 saturated heterocycles. The Hall–Kier alpha value is -1.72. The number of piperidine rings is 1. The Kier molecular flexibility index (Phi) is 5.49. The van der Waals surface area contributed by atoms with Crippen molar-refractivity contribution in [2.45, 2.75) is 32.2 Å². The van der Waals surface area contributed by atoms with Gasteiger partial charge < -0.3 is 5.32 Å². The summed E-state index contributed by atoms with van der Waals surface area (Å²) in [5.74, 6) is 0.258. The summed E-state index contributed by atoms with van der Waals surface area (Å²) in [5, 5.41) is 3.90. The first-order chi connectivity index (χ1) is 12.2. The van der Waals surface area contributed by atoms with Gasteiger partial charge in [-0.15, -0.1) is 11.3 Å². The van der Waals surface area contributed by atoms with Crippen LogP contribution in [-0.2, 0) is 10.0 Å². The van der Waals surface area contributed by atoms with Gasteiger partial charge >= 0.3 is 0 Å². The van der Waals surface area contributed by atoms with Crippen LogP contribution in [0.15, 0.2) is 12.4 Å². The third-order valence-corrected chi connectivity index (χ3v) is 6.39. The zero-order chi connectivity index (χ0) is 18.9. The van der Waals surface area contributed by atoms with Crippen molar-refractivity contribution in [3.8, 4) is 10.6 Å². The molecule has 0 spiro atoms. The van der Waals surface area contributed by atoms with Crippen molar-refractivity contribution in [3.63, 3.8) is 0 Å². The quantitative estimate of drug-likeness (QED) is 0.826. The molecular weight excluding hydrogens is 384 g/mol. The zero-order valence-corrected chi connectivity index (χ0v) is 15.9. The molecule has 11 heteroatoms. The fraction of sp³-hybridized carbons (Fsp3) is 0.533. The van der Waals surface area contributed by atoms with Gasteiger partial charge in [0.2, 0.25) is 16.0 Å². The predicted molar refractivity (Wildman–Crippen MR) is 95.9 cm³/mol. The van der Waals surface area contributed by atoms with Gasteiger partial charge in [-0.3, -0.25) is 0 Å². The number of rotatable bonds is 5. The fourth-order valence-corrected chi connectivity index (χ4v) is 4.47. The Morgan fingerprint density at radius 2 is 1.96 bits per heavy atom. The second-order valence-electron chi connectivity index (χ2n) is 6.12. The topological polar surface area (TPSA) is 88.1 Å². The van der Waals surface area contributed by atoms with E-state index in [9.17, 15) is 17.2 Å². The van der Waals surface area contributed by atoms with Crippen LogP contribution in [0.2, 0.25) is 0 Å². The molecule has 1 aliphatic heterocycles. The molecule has 142 valence electrons. The lowest BCUT2D eigenvalue weighted by Crippen LogP contribution is -2.42. The largest absolute Gasteiger partial charge is 0.351 e. The molecule has 3 rings (SSSR count). The first-order valence-corrected chi connectivity index (χ1v) is 10.7. The van der Waals surface area contributed by atoms with E-state index < -0.39 is 16.4 Å². The van der Waals surface area contributed by atoms with Gasteiger partial charge in [-0.05, 0) is 19.8 Å². The Balaban J connectivity index is 1.77. The summed E-state index contributed by atoms with van der Waals surface area (Å²) in [6.45, 7) is 2.62. The van der Waals surface area contributed by atoms with Gasteiger partial charge in [0.25, 0.3) is 6.43 Å². The van der Waals surface area contributed by atoms with Gasteiger partial charge in [0.15, 0.2) is 0 Å². The number of anilines is 1. The van der Waals surface area contributed by atoms with Gasteiger partial charge in [-0.1, -0.05) is 0 Å². The lowest BCUT2D eigenvalue weighted by Gasteiger charge is -2.30. The summed E-state index contributed by atoms with van der Waals surface area (Å²) in [4.78, 5) is 12.9. The number of thiazole rings is 1. The Morgan fingerprint density at radius 3 is 2.50 bits per heavy atom. The van der Waals surface area contributed by atoms with Crippen LogP contribution in [0.4, 0.5) is 14.7 Å². The van der Waals surface area contributed by atoms with E-state index in [0.717, 1.165) is 11.2 Å².